The molecule has 0 aliphatic carbocycles. The number of carbonyl (C=O) groups excluding carboxylic acids is 1. The maximum absolute atomic E-state index is 12.3. The first-order valence-corrected chi connectivity index (χ1v) is 8.37. The zero-order valence-electron chi connectivity index (χ0n) is 14.4. The third-order valence-corrected chi connectivity index (χ3v) is 3.74. The normalized spacial score (nSPS) is 17.2. The molecule has 3 N–H and O–H groups in total. The van der Waals surface area contributed by atoms with Gasteiger partial charge in [-0.1, -0.05) is 19.0 Å². The van der Waals surface area contributed by atoms with Crippen LogP contribution in [0.2, 0.25) is 0 Å². The van der Waals surface area contributed by atoms with Crippen LogP contribution in [-0.4, -0.2) is 32.6 Å². The van der Waals surface area contributed by atoms with Gasteiger partial charge in [-0.05, 0) is 31.2 Å². The van der Waals surface area contributed by atoms with Crippen LogP contribution in [-0.2, 0) is 17.7 Å². The summed E-state index contributed by atoms with van der Waals surface area (Å²) < 4.78 is 10.7. The molecule has 0 spiro atoms. The lowest BCUT2D eigenvalue weighted by atomic mass is 10.1. The molecule has 25 heavy (non-hydrogen) atoms. The topological polar surface area (TPSA) is 129 Å². The quantitative estimate of drug-likeness (QED) is 0.803. The van der Waals surface area contributed by atoms with Gasteiger partial charge in [0.1, 0.15) is 11.8 Å². The minimum atomic E-state index is -0.359. The zero-order valence-corrected chi connectivity index (χ0v) is 14.4. The summed E-state index contributed by atoms with van der Waals surface area (Å²) in [5, 5.41) is 6.58. The number of aromatic nitrogens is 4. The Bertz CT molecular complexity index is 739. The van der Waals surface area contributed by atoms with Gasteiger partial charge in [-0.2, -0.15) is 4.98 Å². The molecule has 0 bridgehead atoms. The molecule has 0 aromatic carbocycles. The SMILES string of the molecule is CC(C)Cc1cc(C(=O)NCc2noc([C@@H]3CCCO3)n2)nc(N)n1. The third kappa shape index (κ3) is 4.50. The van der Waals surface area contributed by atoms with Crippen molar-refractivity contribution in [2.45, 2.75) is 45.8 Å². The maximum Gasteiger partial charge on any atom is 0.270 e. The second-order valence-electron chi connectivity index (χ2n) is 6.43. The summed E-state index contributed by atoms with van der Waals surface area (Å²) in [6, 6.07) is 1.65. The zero-order chi connectivity index (χ0) is 17.8. The third-order valence-electron chi connectivity index (χ3n) is 3.74. The van der Waals surface area contributed by atoms with Gasteiger partial charge in [-0.25, -0.2) is 9.97 Å². The number of hydrogen-bond acceptors (Lipinski definition) is 8. The summed E-state index contributed by atoms with van der Waals surface area (Å²) in [4.78, 5) is 24.7. The van der Waals surface area contributed by atoms with E-state index in [1.165, 1.54) is 0 Å². The summed E-state index contributed by atoms with van der Waals surface area (Å²) in [5.41, 5.74) is 6.67. The lowest BCUT2D eigenvalue weighted by molar-refractivity contribution is 0.0835. The van der Waals surface area contributed by atoms with Crippen molar-refractivity contribution in [3.8, 4) is 0 Å². The van der Waals surface area contributed by atoms with Gasteiger partial charge < -0.3 is 20.3 Å². The molecule has 1 aliphatic heterocycles. The number of carbonyl (C=O) groups is 1. The second kappa shape index (κ2) is 7.56. The number of ether oxygens (including phenoxy) is 1. The Morgan fingerprint density at radius 2 is 2.24 bits per heavy atom. The predicted octanol–water partition coefficient (Wildman–Crippen LogP) is 1.42. The van der Waals surface area contributed by atoms with Crippen LogP contribution in [0.4, 0.5) is 5.95 Å². The number of anilines is 1. The van der Waals surface area contributed by atoms with Crippen molar-refractivity contribution in [3.63, 3.8) is 0 Å². The first-order chi connectivity index (χ1) is 12.0. The summed E-state index contributed by atoms with van der Waals surface area (Å²) >= 11 is 0. The lowest BCUT2D eigenvalue weighted by Crippen LogP contribution is -2.25. The summed E-state index contributed by atoms with van der Waals surface area (Å²) in [6.07, 6.45) is 2.43. The van der Waals surface area contributed by atoms with Gasteiger partial charge in [0.25, 0.3) is 11.8 Å². The highest BCUT2D eigenvalue weighted by Gasteiger charge is 2.24. The molecule has 134 valence electrons. The van der Waals surface area contributed by atoms with E-state index in [9.17, 15) is 4.79 Å². The number of nitrogens with zero attached hydrogens (tertiary/aromatic N) is 4. The van der Waals surface area contributed by atoms with E-state index >= 15 is 0 Å². The highest BCUT2D eigenvalue weighted by molar-refractivity contribution is 5.92. The summed E-state index contributed by atoms with van der Waals surface area (Å²) in [6.45, 7) is 4.98. The highest BCUT2D eigenvalue weighted by atomic mass is 16.5. The first-order valence-electron chi connectivity index (χ1n) is 8.37. The van der Waals surface area contributed by atoms with Crippen LogP contribution in [0, 0.1) is 5.92 Å². The summed E-state index contributed by atoms with van der Waals surface area (Å²) in [5.74, 6) is 0.974. The van der Waals surface area contributed by atoms with E-state index in [2.05, 4.69) is 39.3 Å². The molecule has 1 fully saturated rings. The van der Waals surface area contributed by atoms with Gasteiger partial charge in [0.15, 0.2) is 5.82 Å². The van der Waals surface area contributed by atoms with Gasteiger partial charge in [-0.15, -0.1) is 0 Å². The van der Waals surface area contributed by atoms with E-state index in [1.807, 2.05) is 0 Å². The van der Waals surface area contributed by atoms with Gasteiger partial charge in [0, 0.05) is 12.3 Å². The van der Waals surface area contributed by atoms with Crippen LogP contribution in [0.3, 0.4) is 0 Å². The lowest BCUT2D eigenvalue weighted by Gasteiger charge is -2.07. The van der Waals surface area contributed by atoms with Crippen LogP contribution in [0.5, 0.6) is 0 Å². The number of rotatable bonds is 6. The van der Waals surface area contributed by atoms with Crippen molar-refractivity contribution in [1.82, 2.24) is 25.4 Å². The first kappa shape index (κ1) is 17.3. The van der Waals surface area contributed by atoms with Crippen molar-refractivity contribution in [3.05, 3.63) is 29.2 Å². The van der Waals surface area contributed by atoms with Crippen LogP contribution in [0.25, 0.3) is 0 Å². The highest BCUT2D eigenvalue weighted by Crippen LogP contribution is 2.26. The molecule has 2 aromatic heterocycles. The minimum Gasteiger partial charge on any atom is -0.368 e. The Labute approximate surface area is 145 Å². The molecule has 3 heterocycles. The van der Waals surface area contributed by atoms with Crippen LogP contribution in [0.15, 0.2) is 10.6 Å². The fourth-order valence-corrected chi connectivity index (χ4v) is 2.65. The fourth-order valence-electron chi connectivity index (χ4n) is 2.65. The molecule has 2 aromatic rings. The van der Waals surface area contributed by atoms with Crippen molar-refractivity contribution in [1.29, 1.82) is 0 Å². The molecular weight excluding hydrogens is 324 g/mol. The number of nitrogens with one attached hydrogen (secondary N) is 1. The second-order valence-corrected chi connectivity index (χ2v) is 6.43. The average Bonchev–Trinajstić information content (AvgIpc) is 3.22. The van der Waals surface area contributed by atoms with Gasteiger partial charge in [0.05, 0.1) is 6.54 Å². The number of amides is 1. The molecule has 9 heteroatoms. The van der Waals surface area contributed by atoms with Crippen molar-refractivity contribution < 1.29 is 14.1 Å². The minimum absolute atomic E-state index is 0.0866. The van der Waals surface area contributed by atoms with E-state index in [0.29, 0.717) is 24.2 Å². The monoisotopic (exact) mass is 346 g/mol. The molecule has 1 aliphatic rings. The van der Waals surface area contributed by atoms with E-state index in [0.717, 1.165) is 25.0 Å². The Morgan fingerprint density at radius 3 is 2.96 bits per heavy atom. The Kier molecular flexibility index (Phi) is 5.22. The van der Waals surface area contributed by atoms with Crippen LogP contribution >= 0.6 is 0 Å². The molecule has 1 amide bonds. The molecule has 0 saturated carbocycles. The van der Waals surface area contributed by atoms with Crippen molar-refractivity contribution in [2.24, 2.45) is 5.92 Å². The molecular formula is C16H22N6O3. The van der Waals surface area contributed by atoms with Gasteiger partial charge in [0.2, 0.25) is 5.95 Å². The molecule has 1 atom stereocenters. The largest absolute Gasteiger partial charge is 0.368 e. The number of nitrogens with two attached hydrogens (primary N) is 1. The van der Waals surface area contributed by atoms with E-state index in [-0.39, 0.29) is 30.2 Å². The smallest absolute Gasteiger partial charge is 0.270 e. The maximum atomic E-state index is 12.3. The van der Waals surface area contributed by atoms with E-state index in [4.69, 9.17) is 15.0 Å². The van der Waals surface area contributed by atoms with Crippen LogP contribution in [0.1, 0.15) is 60.7 Å². The average molecular weight is 346 g/mol. The molecule has 3 rings (SSSR count). The van der Waals surface area contributed by atoms with Gasteiger partial charge in [-0.3, -0.25) is 4.79 Å². The molecule has 0 unspecified atom stereocenters. The van der Waals surface area contributed by atoms with Crippen LogP contribution < -0.4 is 11.1 Å². The van der Waals surface area contributed by atoms with Crippen molar-refractivity contribution in [2.75, 3.05) is 12.3 Å². The Hall–Kier alpha value is -2.55. The van der Waals surface area contributed by atoms with E-state index in [1.54, 1.807) is 6.07 Å². The standard InChI is InChI=1S/C16H22N6O3/c1-9(2)6-10-7-11(20-16(17)19-10)14(23)18-8-13-21-15(25-22-13)12-4-3-5-24-12/h7,9,12H,3-6,8H2,1-2H3,(H,18,23)(H2,17,19,20)/t12-/m0/s1. The number of hydrogen-bond donors (Lipinski definition) is 2. The molecule has 0 radical (unpaired) electrons. The molecule has 9 nitrogen and oxygen atoms in total. The Morgan fingerprint density at radius 1 is 1.40 bits per heavy atom. The van der Waals surface area contributed by atoms with Gasteiger partial charge >= 0.3 is 0 Å². The Balaban J connectivity index is 1.61. The van der Waals surface area contributed by atoms with Crippen molar-refractivity contribution >= 4 is 11.9 Å². The van der Waals surface area contributed by atoms with E-state index < -0.39 is 0 Å². The predicted molar refractivity (Wildman–Crippen MR) is 88.4 cm³/mol. The molecule has 1 saturated heterocycles. The fraction of sp³-hybridized carbons (Fsp3) is 0.562. The summed E-state index contributed by atoms with van der Waals surface area (Å²) in [7, 11) is 0. The number of nitrogen functional groups attached to an aromatic ring is 1.